The van der Waals surface area contributed by atoms with Gasteiger partial charge in [-0.2, -0.15) is 0 Å². The van der Waals surface area contributed by atoms with Crippen LogP contribution in [0, 0.1) is 0 Å². The van der Waals surface area contributed by atoms with Crippen LogP contribution >= 0.6 is 0 Å². The van der Waals surface area contributed by atoms with E-state index < -0.39 is 9.84 Å². The van der Waals surface area contributed by atoms with E-state index in [-0.39, 0.29) is 5.25 Å². The SMILES string of the molecule is CCCNC1CCN(CC2CCCS2(=O)=O)CC1. The Morgan fingerprint density at radius 1 is 1.22 bits per heavy atom. The minimum absolute atomic E-state index is 0.0855. The van der Waals surface area contributed by atoms with Crippen LogP contribution in [0.3, 0.4) is 0 Å². The molecule has 0 spiro atoms. The number of sulfone groups is 1. The number of nitrogens with zero attached hydrogens (tertiary/aromatic N) is 1. The summed E-state index contributed by atoms with van der Waals surface area (Å²) in [4.78, 5) is 2.34. The summed E-state index contributed by atoms with van der Waals surface area (Å²) in [6.07, 6.45) is 5.23. The van der Waals surface area contributed by atoms with Crippen molar-refractivity contribution in [3.63, 3.8) is 0 Å². The molecule has 2 fully saturated rings. The van der Waals surface area contributed by atoms with E-state index in [9.17, 15) is 8.42 Å². The third kappa shape index (κ3) is 3.68. The van der Waals surface area contributed by atoms with Gasteiger partial charge in [0.25, 0.3) is 0 Å². The predicted molar refractivity (Wildman–Crippen MR) is 74.6 cm³/mol. The van der Waals surface area contributed by atoms with E-state index >= 15 is 0 Å². The number of hydrogen-bond donors (Lipinski definition) is 1. The van der Waals surface area contributed by atoms with Crippen LogP contribution in [0.2, 0.25) is 0 Å². The Kier molecular flexibility index (Phi) is 5.04. The lowest BCUT2D eigenvalue weighted by Crippen LogP contribution is -2.45. The Hall–Kier alpha value is -0.130. The van der Waals surface area contributed by atoms with Crippen molar-refractivity contribution in [3.05, 3.63) is 0 Å². The summed E-state index contributed by atoms with van der Waals surface area (Å²) in [6, 6.07) is 0.640. The van der Waals surface area contributed by atoms with Crippen LogP contribution in [0.1, 0.15) is 39.0 Å². The Morgan fingerprint density at radius 2 is 1.94 bits per heavy atom. The molecule has 2 saturated heterocycles. The van der Waals surface area contributed by atoms with Gasteiger partial charge in [-0.05, 0) is 51.7 Å². The summed E-state index contributed by atoms with van der Waals surface area (Å²) < 4.78 is 23.6. The van der Waals surface area contributed by atoms with E-state index in [1.807, 2.05) is 0 Å². The predicted octanol–water partition coefficient (Wildman–Crippen LogP) is 1.03. The standard InChI is InChI=1S/C13H26N2O2S/c1-2-7-14-12-5-8-15(9-6-12)11-13-4-3-10-18(13,16)17/h12-14H,2-11H2,1H3. The molecule has 2 aliphatic heterocycles. The van der Waals surface area contributed by atoms with Crippen LogP contribution < -0.4 is 5.32 Å². The fourth-order valence-corrected chi connectivity index (χ4v) is 4.89. The fourth-order valence-electron chi connectivity index (χ4n) is 3.02. The number of likely N-dealkylation sites (tertiary alicyclic amines) is 1. The molecule has 0 aromatic rings. The van der Waals surface area contributed by atoms with E-state index in [1.165, 1.54) is 6.42 Å². The molecule has 106 valence electrons. The molecule has 0 saturated carbocycles. The maximum Gasteiger partial charge on any atom is 0.154 e. The minimum atomic E-state index is -2.77. The van der Waals surface area contributed by atoms with Crippen molar-refractivity contribution in [2.45, 2.75) is 50.3 Å². The van der Waals surface area contributed by atoms with Gasteiger partial charge in [-0.1, -0.05) is 6.92 Å². The monoisotopic (exact) mass is 274 g/mol. The van der Waals surface area contributed by atoms with Gasteiger partial charge in [0, 0.05) is 12.6 Å². The maximum absolute atomic E-state index is 11.8. The summed E-state index contributed by atoms with van der Waals surface area (Å²) in [7, 11) is -2.77. The second-order valence-corrected chi connectivity index (χ2v) is 8.06. The Balaban J connectivity index is 1.73. The third-order valence-corrected chi connectivity index (χ3v) is 6.45. The number of rotatable bonds is 5. The highest BCUT2D eigenvalue weighted by atomic mass is 32.2. The van der Waals surface area contributed by atoms with Gasteiger partial charge in [-0.15, -0.1) is 0 Å². The highest BCUT2D eigenvalue weighted by molar-refractivity contribution is 7.92. The Morgan fingerprint density at radius 3 is 2.50 bits per heavy atom. The normalized spacial score (nSPS) is 29.7. The van der Waals surface area contributed by atoms with Crippen molar-refractivity contribution in [1.29, 1.82) is 0 Å². The van der Waals surface area contributed by atoms with E-state index in [4.69, 9.17) is 0 Å². The van der Waals surface area contributed by atoms with E-state index in [1.54, 1.807) is 0 Å². The quantitative estimate of drug-likeness (QED) is 0.813. The first-order valence-corrected chi connectivity index (χ1v) is 9.00. The first-order valence-electron chi connectivity index (χ1n) is 7.29. The molecule has 0 aromatic heterocycles. The van der Waals surface area contributed by atoms with Gasteiger partial charge in [0.15, 0.2) is 9.84 Å². The van der Waals surface area contributed by atoms with Crippen molar-refractivity contribution in [1.82, 2.24) is 10.2 Å². The van der Waals surface area contributed by atoms with Gasteiger partial charge in [0.2, 0.25) is 0 Å². The summed E-state index contributed by atoms with van der Waals surface area (Å²) in [5, 5.41) is 3.47. The van der Waals surface area contributed by atoms with Gasteiger partial charge in [-0.25, -0.2) is 8.42 Å². The van der Waals surface area contributed by atoms with Crippen molar-refractivity contribution >= 4 is 9.84 Å². The molecule has 0 bridgehead atoms. The zero-order valence-corrected chi connectivity index (χ0v) is 12.2. The molecule has 1 unspecified atom stereocenters. The van der Waals surface area contributed by atoms with E-state index in [2.05, 4.69) is 17.1 Å². The van der Waals surface area contributed by atoms with Crippen molar-refractivity contribution < 1.29 is 8.42 Å². The zero-order valence-electron chi connectivity index (χ0n) is 11.4. The summed E-state index contributed by atoms with van der Waals surface area (Å²) in [5.74, 6) is 0.409. The molecule has 2 aliphatic rings. The number of piperidine rings is 1. The molecule has 2 rings (SSSR count). The van der Waals surface area contributed by atoms with Crippen LogP contribution in [-0.4, -0.2) is 56.5 Å². The molecule has 2 heterocycles. The number of hydrogen-bond acceptors (Lipinski definition) is 4. The van der Waals surface area contributed by atoms with E-state index in [0.29, 0.717) is 11.8 Å². The Labute approximate surface area is 111 Å². The van der Waals surface area contributed by atoms with Crippen LogP contribution in [-0.2, 0) is 9.84 Å². The van der Waals surface area contributed by atoms with Crippen LogP contribution in [0.25, 0.3) is 0 Å². The number of nitrogens with one attached hydrogen (secondary N) is 1. The first-order chi connectivity index (χ1) is 8.62. The average molecular weight is 274 g/mol. The highest BCUT2D eigenvalue weighted by Crippen LogP contribution is 2.22. The molecule has 1 N–H and O–H groups in total. The van der Waals surface area contributed by atoms with Crippen molar-refractivity contribution in [2.75, 3.05) is 31.9 Å². The summed E-state index contributed by atoms with van der Waals surface area (Å²) in [5.41, 5.74) is 0. The van der Waals surface area contributed by atoms with Crippen LogP contribution in [0.15, 0.2) is 0 Å². The largest absolute Gasteiger partial charge is 0.314 e. The molecule has 0 amide bonds. The topological polar surface area (TPSA) is 49.4 Å². The molecule has 0 radical (unpaired) electrons. The molecule has 5 heteroatoms. The van der Waals surface area contributed by atoms with Crippen LogP contribution in [0.5, 0.6) is 0 Å². The maximum atomic E-state index is 11.8. The third-order valence-electron chi connectivity index (χ3n) is 4.20. The minimum Gasteiger partial charge on any atom is -0.314 e. The first kappa shape index (κ1) is 14.3. The molecule has 4 nitrogen and oxygen atoms in total. The molecule has 0 aliphatic carbocycles. The van der Waals surface area contributed by atoms with Gasteiger partial charge >= 0.3 is 0 Å². The Bertz CT molecular complexity index is 348. The lowest BCUT2D eigenvalue weighted by Gasteiger charge is -2.33. The second kappa shape index (κ2) is 6.35. The molecule has 1 atom stereocenters. The fraction of sp³-hybridized carbons (Fsp3) is 1.00. The van der Waals surface area contributed by atoms with Crippen molar-refractivity contribution in [2.24, 2.45) is 0 Å². The zero-order chi connectivity index (χ0) is 13.0. The smallest absolute Gasteiger partial charge is 0.154 e. The second-order valence-electron chi connectivity index (χ2n) is 5.66. The molecular weight excluding hydrogens is 248 g/mol. The molecule has 18 heavy (non-hydrogen) atoms. The molecular formula is C13H26N2O2S. The summed E-state index contributed by atoms with van der Waals surface area (Å²) in [6.45, 7) is 6.15. The summed E-state index contributed by atoms with van der Waals surface area (Å²) >= 11 is 0. The van der Waals surface area contributed by atoms with Crippen molar-refractivity contribution in [3.8, 4) is 0 Å². The van der Waals surface area contributed by atoms with Crippen LogP contribution in [0.4, 0.5) is 0 Å². The molecule has 0 aromatic carbocycles. The van der Waals surface area contributed by atoms with Gasteiger partial charge in [-0.3, -0.25) is 0 Å². The van der Waals surface area contributed by atoms with Gasteiger partial charge < -0.3 is 10.2 Å². The average Bonchev–Trinajstić information content (AvgIpc) is 2.68. The highest BCUT2D eigenvalue weighted by Gasteiger charge is 2.33. The van der Waals surface area contributed by atoms with Gasteiger partial charge in [0.1, 0.15) is 0 Å². The van der Waals surface area contributed by atoms with Gasteiger partial charge in [0.05, 0.1) is 11.0 Å². The lowest BCUT2D eigenvalue weighted by atomic mass is 10.0. The van der Waals surface area contributed by atoms with E-state index in [0.717, 1.165) is 51.9 Å². The lowest BCUT2D eigenvalue weighted by molar-refractivity contribution is 0.197.